The number of carbonyl (C=O) groups is 1. The Bertz CT molecular complexity index is 1200. The number of aromatic nitrogens is 5. The summed E-state index contributed by atoms with van der Waals surface area (Å²) >= 11 is 0. The number of amides is 1. The van der Waals surface area contributed by atoms with Gasteiger partial charge in [0.1, 0.15) is 5.82 Å². The molecule has 0 radical (unpaired) electrons. The number of carbonyl (C=O) groups excluding carboxylic acids is 1. The van der Waals surface area contributed by atoms with Crippen molar-refractivity contribution in [3.05, 3.63) is 47.7 Å². The van der Waals surface area contributed by atoms with Gasteiger partial charge in [-0.05, 0) is 32.0 Å². The molecule has 1 amide bonds. The van der Waals surface area contributed by atoms with Gasteiger partial charge in [0.2, 0.25) is 0 Å². The molecule has 0 atom stereocenters. The second kappa shape index (κ2) is 7.20. The highest BCUT2D eigenvalue weighted by Gasteiger charge is 2.18. The summed E-state index contributed by atoms with van der Waals surface area (Å²) in [6.45, 7) is 9.14. The van der Waals surface area contributed by atoms with E-state index in [-0.39, 0.29) is 11.6 Å². The Balaban J connectivity index is 1.58. The van der Waals surface area contributed by atoms with E-state index in [1.807, 2.05) is 32.2 Å². The summed E-state index contributed by atoms with van der Waals surface area (Å²) in [6.07, 6.45) is 1.70. The molecule has 29 heavy (non-hydrogen) atoms. The summed E-state index contributed by atoms with van der Waals surface area (Å²) in [4.78, 5) is 17.4. The molecule has 0 spiro atoms. The number of rotatable bonds is 5. The van der Waals surface area contributed by atoms with E-state index in [4.69, 9.17) is 9.51 Å². The molecule has 150 valence electrons. The van der Waals surface area contributed by atoms with E-state index in [0.717, 1.165) is 34.7 Å². The summed E-state index contributed by atoms with van der Waals surface area (Å²) in [5.74, 6) is 1.54. The van der Waals surface area contributed by atoms with Gasteiger partial charge in [0.25, 0.3) is 5.91 Å². The van der Waals surface area contributed by atoms with Crippen LogP contribution in [0.5, 0.6) is 0 Å². The van der Waals surface area contributed by atoms with Crippen molar-refractivity contribution in [2.75, 3.05) is 5.32 Å². The van der Waals surface area contributed by atoms with Gasteiger partial charge >= 0.3 is 0 Å². The van der Waals surface area contributed by atoms with E-state index in [9.17, 15) is 4.79 Å². The molecule has 4 aromatic rings. The molecule has 0 saturated heterocycles. The molecule has 1 N–H and O–H groups in total. The topological polar surface area (TPSA) is 90.8 Å². The number of fused-ring (bicyclic) bond motifs is 1. The Hall–Kier alpha value is -3.42. The lowest BCUT2D eigenvalue weighted by atomic mass is 10.2. The molecule has 1 aromatic carbocycles. The third-order valence-corrected chi connectivity index (χ3v) is 5.11. The number of hydrogen-bond donors (Lipinski definition) is 1. The summed E-state index contributed by atoms with van der Waals surface area (Å²) in [6, 6.07) is 7.38. The summed E-state index contributed by atoms with van der Waals surface area (Å²) < 4.78 is 9.30. The lowest BCUT2D eigenvalue weighted by Crippen LogP contribution is -2.12. The molecular formula is C21H24N6O2. The van der Waals surface area contributed by atoms with Gasteiger partial charge in [-0.1, -0.05) is 19.0 Å². The number of benzene rings is 1. The van der Waals surface area contributed by atoms with Gasteiger partial charge in [-0.3, -0.25) is 9.48 Å². The number of aryl methyl sites for hydroxylation is 2. The normalized spacial score (nSPS) is 11.5. The lowest BCUT2D eigenvalue weighted by molar-refractivity contribution is 0.101. The van der Waals surface area contributed by atoms with Gasteiger partial charge in [-0.15, -0.1) is 0 Å². The van der Waals surface area contributed by atoms with Crippen LogP contribution in [0.15, 0.2) is 35.0 Å². The minimum atomic E-state index is -0.333. The minimum Gasteiger partial charge on any atom is -0.355 e. The Morgan fingerprint density at radius 2 is 2.07 bits per heavy atom. The van der Waals surface area contributed by atoms with E-state index < -0.39 is 0 Å². The summed E-state index contributed by atoms with van der Waals surface area (Å²) in [5, 5.41) is 11.0. The molecule has 0 aliphatic carbocycles. The van der Waals surface area contributed by atoms with Crippen LogP contribution in [0.4, 0.5) is 5.69 Å². The Kier molecular flexibility index (Phi) is 4.70. The predicted molar refractivity (Wildman–Crippen MR) is 111 cm³/mol. The molecule has 3 heterocycles. The first-order valence-electron chi connectivity index (χ1n) is 9.66. The van der Waals surface area contributed by atoms with Crippen LogP contribution in [0.3, 0.4) is 0 Å². The second-order valence-electron chi connectivity index (χ2n) is 7.37. The average molecular weight is 392 g/mol. The fourth-order valence-electron chi connectivity index (χ4n) is 3.44. The average Bonchev–Trinajstić information content (AvgIpc) is 3.39. The van der Waals surface area contributed by atoms with Crippen LogP contribution in [-0.2, 0) is 13.6 Å². The van der Waals surface area contributed by atoms with Crippen LogP contribution in [0.1, 0.15) is 48.7 Å². The molecule has 0 unspecified atom stereocenters. The molecular weight excluding hydrogens is 368 g/mol. The van der Waals surface area contributed by atoms with Gasteiger partial charge < -0.3 is 14.4 Å². The highest BCUT2D eigenvalue weighted by atomic mass is 16.5. The van der Waals surface area contributed by atoms with Gasteiger partial charge in [0.15, 0.2) is 11.5 Å². The number of nitrogens with zero attached hydrogens (tertiary/aromatic N) is 5. The maximum absolute atomic E-state index is 12.6. The first-order chi connectivity index (χ1) is 13.9. The zero-order valence-electron chi connectivity index (χ0n) is 17.2. The molecule has 0 fully saturated rings. The highest BCUT2D eigenvalue weighted by Crippen LogP contribution is 2.26. The standard InChI is InChI=1S/C21H24N6O2/c1-6-27-18-8-7-14(9-16(18)24-20(27)12(2)3)23-21(28)17-10-19(29-25-17)15-11-22-26(5)13(15)4/h7-12H,6H2,1-5H3,(H,23,28). The maximum Gasteiger partial charge on any atom is 0.277 e. The van der Waals surface area contributed by atoms with Crippen molar-refractivity contribution < 1.29 is 9.32 Å². The summed E-state index contributed by atoms with van der Waals surface area (Å²) in [7, 11) is 1.85. The minimum absolute atomic E-state index is 0.213. The molecule has 4 rings (SSSR count). The van der Waals surface area contributed by atoms with Crippen molar-refractivity contribution in [3.8, 4) is 11.3 Å². The summed E-state index contributed by atoms with van der Waals surface area (Å²) in [5.41, 5.74) is 4.55. The van der Waals surface area contributed by atoms with Gasteiger partial charge in [0, 0.05) is 37.0 Å². The van der Waals surface area contributed by atoms with Crippen molar-refractivity contribution in [2.24, 2.45) is 7.05 Å². The number of anilines is 1. The molecule has 0 saturated carbocycles. The van der Waals surface area contributed by atoms with Crippen LogP contribution >= 0.6 is 0 Å². The highest BCUT2D eigenvalue weighted by molar-refractivity contribution is 6.04. The maximum atomic E-state index is 12.6. The number of imidazole rings is 1. The van der Waals surface area contributed by atoms with Crippen molar-refractivity contribution >= 4 is 22.6 Å². The SMILES string of the molecule is CCn1c(C(C)C)nc2cc(NC(=O)c3cc(-c4cnn(C)c4C)on3)ccc21. The van der Waals surface area contributed by atoms with Crippen molar-refractivity contribution in [1.82, 2.24) is 24.5 Å². The largest absolute Gasteiger partial charge is 0.355 e. The van der Waals surface area contributed by atoms with Crippen LogP contribution in [-0.4, -0.2) is 30.4 Å². The second-order valence-corrected chi connectivity index (χ2v) is 7.37. The first-order valence-corrected chi connectivity index (χ1v) is 9.66. The quantitative estimate of drug-likeness (QED) is 0.551. The molecule has 8 heteroatoms. The van der Waals surface area contributed by atoms with Crippen LogP contribution in [0, 0.1) is 6.92 Å². The Morgan fingerprint density at radius 1 is 1.28 bits per heavy atom. The number of nitrogens with one attached hydrogen (secondary N) is 1. The van der Waals surface area contributed by atoms with Crippen molar-refractivity contribution in [3.63, 3.8) is 0 Å². The van der Waals surface area contributed by atoms with E-state index in [1.54, 1.807) is 16.9 Å². The van der Waals surface area contributed by atoms with Gasteiger partial charge in [-0.2, -0.15) is 5.10 Å². The van der Waals surface area contributed by atoms with Crippen LogP contribution in [0.25, 0.3) is 22.4 Å². The fourth-order valence-corrected chi connectivity index (χ4v) is 3.44. The molecule has 0 bridgehead atoms. The van der Waals surface area contributed by atoms with Crippen LogP contribution < -0.4 is 5.32 Å². The molecule has 3 aromatic heterocycles. The van der Waals surface area contributed by atoms with E-state index in [1.165, 1.54) is 0 Å². The monoisotopic (exact) mass is 392 g/mol. The van der Waals surface area contributed by atoms with E-state index in [0.29, 0.717) is 17.4 Å². The first kappa shape index (κ1) is 18.9. The molecule has 8 nitrogen and oxygen atoms in total. The van der Waals surface area contributed by atoms with Gasteiger partial charge in [-0.25, -0.2) is 4.98 Å². The lowest BCUT2D eigenvalue weighted by Gasteiger charge is -2.08. The van der Waals surface area contributed by atoms with Crippen molar-refractivity contribution in [2.45, 2.75) is 40.2 Å². The Labute approximate surface area is 168 Å². The van der Waals surface area contributed by atoms with E-state index >= 15 is 0 Å². The third kappa shape index (κ3) is 3.30. The third-order valence-electron chi connectivity index (χ3n) is 5.11. The predicted octanol–water partition coefficient (Wildman–Crippen LogP) is 4.13. The smallest absolute Gasteiger partial charge is 0.277 e. The molecule has 0 aliphatic heterocycles. The molecule has 0 aliphatic rings. The Morgan fingerprint density at radius 3 is 2.72 bits per heavy atom. The van der Waals surface area contributed by atoms with Gasteiger partial charge in [0.05, 0.1) is 22.8 Å². The van der Waals surface area contributed by atoms with Crippen LogP contribution in [0.2, 0.25) is 0 Å². The zero-order chi connectivity index (χ0) is 20.7. The number of hydrogen-bond acceptors (Lipinski definition) is 5. The fraction of sp³-hybridized carbons (Fsp3) is 0.333. The van der Waals surface area contributed by atoms with Crippen molar-refractivity contribution in [1.29, 1.82) is 0 Å². The zero-order valence-corrected chi connectivity index (χ0v) is 17.2. The van der Waals surface area contributed by atoms with E-state index in [2.05, 4.69) is 40.9 Å².